The van der Waals surface area contributed by atoms with Crippen LogP contribution in [0.3, 0.4) is 0 Å². The first-order chi connectivity index (χ1) is 12.2. The minimum atomic E-state index is -3.35. The van der Waals surface area contributed by atoms with Gasteiger partial charge in [-0.1, -0.05) is 30.3 Å². The molecule has 0 spiro atoms. The predicted molar refractivity (Wildman–Crippen MR) is 96.3 cm³/mol. The molecule has 1 heterocycles. The molecule has 1 aliphatic rings. The van der Waals surface area contributed by atoms with Gasteiger partial charge in [-0.2, -0.15) is 0 Å². The van der Waals surface area contributed by atoms with Crippen molar-refractivity contribution in [2.24, 2.45) is 0 Å². The number of sulfone groups is 1. The van der Waals surface area contributed by atoms with E-state index in [9.17, 15) is 22.7 Å². The first kappa shape index (κ1) is 18.5. The van der Waals surface area contributed by atoms with E-state index in [1.807, 2.05) is 0 Å². The number of hydrogen-bond donors (Lipinski definition) is 2. The van der Waals surface area contributed by atoms with Crippen molar-refractivity contribution < 1.29 is 22.7 Å². The molecule has 5 nitrogen and oxygen atoms in total. The molecule has 1 fully saturated rings. The molecule has 2 N–H and O–H groups in total. The van der Waals surface area contributed by atoms with Gasteiger partial charge in [0.05, 0.1) is 23.7 Å². The predicted octanol–water partition coefficient (Wildman–Crippen LogP) is 1.61. The molecular weight excluding hydrogens is 357 g/mol. The highest BCUT2D eigenvalue weighted by atomic mass is 32.2. The van der Waals surface area contributed by atoms with Crippen LogP contribution in [0.4, 0.5) is 4.39 Å². The van der Waals surface area contributed by atoms with Crippen molar-refractivity contribution in [2.45, 2.75) is 25.5 Å². The molecule has 0 bridgehead atoms. The summed E-state index contributed by atoms with van der Waals surface area (Å²) in [6.45, 7) is 1.68. The molecule has 7 heteroatoms. The SMILES string of the molecule is Cc1ccc(Cc2ccccc2C(=O)N[C@H]2CS(=O)(=O)C[C@@H]2O)cc1F. The van der Waals surface area contributed by atoms with Crippen molar-refractivity contribution in [3.05, 3.63) is 70.5 Å². The lowest BCUT2D eigenvalue weighted by atomic mass is 9.98. The van der Waals surface area contributed by atoms with Gasteiger partial charge >= 0.3 is 0 Å². The van der Waals surface area contributed by atoms with Gasteiger partial charge in [0.2, 0.25) is 0 Å². The summed E-state index contributed by atoms with van der Waals surface area (Å²) in [4.78, 5) is 12.6. The molecule has 1 aliphatic heterocycles. The molecule has 26 heavy (non-hydrogen) atoms. The summed E-state index contributed by atoms with van der Waals surface area (Å²) in [7, 11) is -3.35. The fourth-order valence-corrected chi connectivity index (χ4v) is 4.82. The normalized spacial score (nSPS) is 21.5. The smallest absolute Gasteiger partial charge is 0.251 e. The third-order valence-corrected chi connectivity index (χ3v) is 6.25. The van der Waals surface area contributed by atoms with E-state index in [-0.39, 0.29) is 17.3 Å². The highest BCUT2D eigenvalue weighted by Crippen LogP contribution is 2.18. The van der Waals surface area contributed by atoms with Gasteiger partial charge in [0.15, 0.2) is 9.84 Å². The maximum atomic E-state index is 13.8. The van der Waals surface area contributed by atoms with Gasteiger partial charge < -0.3 is 10.4 Å². The average Bonchev–Trinajstić information content (AvgIpc) is 2.83. The maximum absolute atomic E-state index is 13.8. The molecule has 0 unspecified atom stereocenters. The van der Waals surface area contributed by atoms with E-state index < -0.39 is 27.9 Å². The maximum Gasteiger partial charge on any atom is 0.251 e. The van der Waals surface area contributed by atoms with Crippen LogP contribution in [-0.4, -0.2) is 43.1 Å². The Labute approximate surface area is 151 Å². The van der Waals surface area contributed by atoms with Gasteiger partial charge in [-0.15, -0.1) is 0 Å². The van der Waals surface area contributed by atoms with Crippen LogP contribution < -0.4 is 5.32 Å². The minimum Gasteiger partial charge on any atom is -0.390 e. The summed E-state index contributed by atoms with van der Waals surface area (Å²) in [6, 6.07) is 11.0. The summed E-state index contributed by atoms with van der Waals surface area (Å²) in [5.74, 6) is -1.37. The first-order valence-corrected chi connectivity index (χ1v) is 10.1. The number of aliphatic hydroxyl groups is 1. The number of aryl methyl sites for hydroxylation is 1. The second-order valence-corrected chi connectivity index (χ2v) is 8.80. The van der Waals surface area contributed by atoms with Gasteiger partial charge in [0.1, 0.15) is 5.82 Å². The molecule has 138 valence electrons. The molecule has 0 radical (unpaired) electrons. The molecule has 0 saturated carbocycles. The van der Waals surface area contributed by atoms with Crippen molar-refractivity contribution in [2.75, 3.05) is 11.5 Å². The van der Waals surface area contributed by atoms with E-state index in [1.54, 1.807) is 43.3 Å². The second kappa shape index (κ2) is 7.17. The van der Waals surface area contributed by atoms with Gasteiger partial charge in [-0.3, -0.25) is 4.79 Å². The Morgan fingerprint density at radius 3 is 2.62 bits per heavy atom. The third-order valence-electron chi connectivity index (χ3n) is 4.53. The van der Waals surface area contributed by atoms with Crippen LogP contribution in [0.25, 0.3) is 0 Å². The average molecular weight is 377 g/mol. The van der Waals surface area contributed by atoms with Gasteiger partial charge in [0, 0.05) is 5.56 Å². The fourth-order valence-electron chi connectivity index (χ4n) is 3.08. The monoisotopic (exact) mass is 377 g/mol. The third kappa shape index (κ3) is 4.11. The number of aliphatic hydroxyl groups excluding tert-OH is 1. The Morgan fingerprint density at radius 1 is 1.23 bits per heavy atom. The zero-order chi connectivity index (χ0) is 18.9. The number of amides is 1. The Bertz CT molecular complexity index is 942. The van der Waals surface area contributed by atoms with E-state index in [2.05, 4.69) is 5.32 Å². The molecule has 2 aromatic rings. The second-order valence-electron chi connectivity index (χ2n) is 6.64. The van der Waals surface area contributed by atoms with Crippen molar-refractivity contribution in [1.82, 2.24) is 5.32 Å². The van der Waals surface area contributed by atoms with Gasteiger partial charge in [0.25, 0.3) is 5.91 Å². The lowest BCUT2D eigenvalue weighted by Crippen LogP contribution is -2.42. The van der Waals surface area contributed by atoms with Crippen LogP contribution in [-0.2, 0) is 16.3 Å². The number of benzene rings is 2. The van der Waals surface area contributed by atoms with E-state index in [4.69, 9.17) is 0 Å². The summed E-state index contributed by atoms with van der Waals surface area (Å²) < 4.78 is 36.9. The van der Waals surface area contributed by atoms with Gasteiger partial charge in [-0.25, -0.2) is 12.8 Å². The fraction of sp³-hybridized carbons (Fsp3) is 0.316. The van der Waals surface area contributed by atoms with E-state index in [0.29, 0.717) is 23.1 Å². The van der Waals surface area contributed by atoms with Crippen LogP contribution in [0.5, 0.6) is 0 Å². The van der Waals surface area contributed by atoms with Crippen molar-refractivity contribution in [1.29, 1.82) is 0 Å². The lowest BCUT2D eigenvalue weighted by Gasteiger charge is -2.16. The Kier molecular flexibility index (Phi) is 5.11. The highest BCUT2D eigenvalue weighted by molar-refractivity contribution is 7.91. The number of rotatable bonds is 4. The largest absolute Gasteiger partial charge is 0.390 e. The number of carbonyl (C=O) groups is 1. The van der Waals surface area contributed by atoms with Crippen LogP contribution >= 0.6 is 0 Å². The van der Waals surface area contributed by atoms with Gasteiger partial charge in [-0.05, 0) is 42.2 Å². The van der Waals surface area contributed by atoms with Crippen molar-refractivity contribution >= 4 is 15.7 Å². The summed E-state index contributed by atoms with van der Waals surface area (Å²) in [5, 5.41) is 12.5. The molecule has 3 rings (SSSR count). The first-order valence-electron chi connectivity index (χ1n) is 8.27. The molecule has 2 aromatic carbocycles. The molecule has 0 aliphatic carbocycles. The lowest BCUT2D eigenvalue weighted by molar-refractivity contribution is 0.0888. The van der Waals surface area contributed by atoms with E-state index in [0.717, 1.165) is 5.56 Å². The number of carbonyl (C=O) groups excluding carboxylic acids is 1. The molecule has 1 amide bonds. The topological polar surface area (TPSA) is 83.5 Å². The minimum absolute atomic E-state index is 0.273. The summed E-state index contributed by atoms with van der Waals surface area (Å²) in [6.07, 6.45) is -0.742. The van der Waals surface area contributed by atoms with E-state index in [1.165, 1.54) is 6.07 Å². The van der Waals surface area contributed by atoms with Crippen molar-refractivity contribution in [3.8, 4) is 0 Å². The van der Waals surface area contributed by atoms with E-state index >= 15 is 0 Å². The van der Waals surface area contributed by atoms with Crippen LogP contribution in [0, 0.1) is 12.7 Å². The Hall–Kier alpha value is -2.25. The zero-order valence-electron chi connectivity index (χ0n) is 14.3. The van der Waals surface area contributed by atoms with Crippen molar-refractivity contribution in [3.63, 3.8) is 0 Å². The molecule has 1 saturated heterocycles. The standard InChI is InChI=1S/C19H20FNO4S/c1-12-6-7-13(9-16(12)20)8-14-4-2-3-5-15(14)19(23)21-17-10-26(24,25)11-18(17)22/h2-7,9,17-18,22H,8,10-11H2,1H3,(H,21,23)/t17-,18-/m0/s1. The quantitative estimate of drug-likeness (QED) is 0.848. The number of hydrogen-bond acceptors (Lipinski definition) is 4. The summed E-state index contributed by atoms with van der Waals surface area (Å²) in [5.41, 5.74) is 2.36. The highest BCUT2D eigenvalue weighted by Gasteiger charge is 2.37. The number of nitrogens with one attached hydrogen (secondary N) is 1. The zero-order valence-corrected chi connectivity index (χ0v) is 15.1. The molecular formula is C19H20FNO4S. The van der Waals surface area contributed by atoms with Crippen LogP contribution in [0.2, 0.25) is 0 Å². The Morgan fingerprint density at radius 2 is 1.96 bits per heavy atom. The number of halogens is 1. The van der Waals surface area contributed by atoms with Crippen LogP contribution in [0.1, 0.15) is 27.0 Å². The van der Waals surface area contributed by atoms with Crippen LogP contribution in [0.15, 0.2) is 42.5 Å². The molecule has 2 atom stereocenters. The summed E-state index contributed by atoms with van der Waals surface area (Å²) >= 11 is 0. The molecule has 0 aromatic heterocycles. The Balaban J connectivity index is 1.80.